The Morgan fingerprint density at radius 3 is 2.76 bits per heavy atom. The molecule has 1 unspecified atom stereocenters. The first-order valence-corrected chi connectivity index (χ1v) is 6.43. The fourth-order valence-electron chi connectivity index (χ4n) is 1.43. The van der Waals surface area contributed by atoms with Gasteiger partial charge in [0.1, 0.15) is 11.9 Å². The van der Waals surface area contributed by atoms with E-state index in [0.29, 0.717) is 5.02 Å². The highest BCUT2D eigenvalue weighted by Crippen LogP contribution is 2.16. The maximum absolute atomic E-state index is 5.83. The van der Waals surface area contributed by atoms with Crippen molar-refractivity contribution in [3.05, 3.63) is 23.5 Å². The summed E-state index contributed by atoms with van der Waals surface area (Å²) in [5, 5.41) is 3.97. The first-order chi connectivity index (χ1) is 8.08. The number of ether oxygens (including phenoxy) is 1. The molecular formula is C13H21ClN2O. The van der Waals surface area contributed by atoms with Crippen molar-refractivity contribution in [2.45, 2.75) is 33.3 Å². The molecule has 0 aliphatic rings. The molecule has 0 aliphatic heterocycles. The van der Waals surface area contributed by atoms with Crippen LogP contribution in [0.2, 0.25) is 5.02 Å². The maximum atomic E-state index is 5.83. The molecule has 0 aromatic carbocycles. The molecule has 0 amide bonds. The van der Waals surface area contributed by atoms with Crippen LogP contribution in [-0.4, -0.2) is 24.2 Å². The van der Waals surface area contributed by atoms with Gasteiger partial charge in [0, 0.05) is 18.8 Å². The second-order valence-electron chi connectivity index (χ2n) is 4.65. The second-order valence-corrected chi connectivity index (χ2v) is 5.09. The topological polar surface area (TPSA) is 34.1 Å². The smallest absolute Gasteiger partial charge is 0.139 e. The van der Waals surface area contributed by atoms with E-state index in [9.17, 15) is 0 Å². The minimum absolute atomic E-state index is 0.113. The van der Waals surface area contributed by atoms with Crippen molar-refractivity contribution in [2.75, 3.05) is 13.1 Å². The zero-order valence-corrected chi connectivity index (χ0v) is 11.5. The van der Waals surface area contributed by atoms with Gasteiger partial charge >= 0.3 is 0 Å². The van der Waals surface area contributed by atoms with E-state index < -0.39 is 0 Å². The third kappa shape index (κ3) is 6.49. The lowest BCUT2D eigenvalue weighted by Gasteiger charge is -2.15. The Hall–Kier alpha value is -0.800. The summed E-state index contributed by atoms with van der Waals surface area (Å²) in [6.45, 7) is 8.33. The van der Waals surface area contributed by atoms with Crippen molar-refractivity contribution in [2.24, 2.45) is 5.92 Å². The minimum atomic E-state index is 0.113. The quantitative estimate of drug-likeness (QED) is 0.761. The molecule has 1 aromatic rings. The van der Waals surface area contributed by atoms with Crippen LogP contribution in [-0.2, 0) is 0 Å². The number of hydrogen-bond acceptors (Lipinski definition) is 3. The van der Waals surface area contributed by atoms with Gasteiger partial charge in [0.2, 0.25) is 0 Å². The number of nitrogens with zero attached hydrogens (tertiary/aromatic N) is 1. The molecule has 0 bridgehead atoms. The van der Waals surface area contributed by atoms with Gasteiger partial charge in [-0.2, -0.15) is 0 Å². The van der Waals surface area contributed by atoms with Crippen LogP contribution < -0.4 is 10.1 Å². The molecule has 1 aromatic heterocycles. The summed E-state index contributed by atoms with van der Waals surface area (Å²) >= 11 is 5.83. The molecule has 0 spiro atoms. The molecule has 1 rings (SSSR count). The molecule has 0 fully saturated rings. The molecule has 1 atom stereocenters. The number of nitrogens with one attached hydrogen (secondary N) is 1. The zero-order chi connectivity index (χ0) is 12.7. The van der Waals surface area contributed by atoms with Crippen LogP contribution in [0.4, 0.5) is 0 Å². The molecule has 3 nitrogen and oxygen atoms in total. The van der Waals surface area contributed by atoms with Crippen molar-refractivity contribution in [1.29, 1.82) is 0 Å². The average molecular weight is 257 g/mol. The number of hydrogen-bond donors (Lipinski definition) is 1. The standard InChI is InChI=1S/C13H21ClN2O/c1-10(2)4-5-15-7-11(3)17-13-6-12(14)8-16-9-13/h6,8-11,15H,4-5,7H2,1-3H3. The van der Waals surface area contributed by atoms with E-state index in [-0.39, 0.29) is 6.10 Å². The fraction of sp³-hybridized carbons (Fsp3) is 0.615. The van der Waals surface area contributed by atoms with Gasteiger partial charge in [0.25, 0.3) is 0 Å². The van der Waals surface area contributed by atoms with Crippen molar-refractivity contribution < 1.29 is 4.74 Å². The SMILES string of the molecule is CC(C)CCNCC(C)Oc1cncc(Cl)c1. The van der Waals surface area contributed by atoms with Gasteiger partial charge in [0.15, 0.2) is 0 Å². The van der Waals surface area contributed by atoms with E-state index in [2.05, 4.69) is 24.1 Å². The summed E-state index contributed by atoms with van der Waals surface area (Å²) in [5.41, 5.74) is 0. The van der Waals surface area contributed by atoms with E-state index in [1.807, 2.05) is 6.92 Å². The number of aromatic nitrogens is 1. The van der Waals surface area contributed by atoms with Gasteiger partial charge in [-0.1, -0.05) is 25.4 Å². The van der Waals surface area contributed by atoms with E-state index in [1.54, 1.807) is 18.5 Å². The van der Waals surface area contributed by atoms with E-state index >= 15 is 0 Å². The minimum Gasteiger partial charge on any atom is -0.488 e. The van der Waals surface area contributed by atoms with E-state index in [0.717, 1.165) is 24.8 Å². The monoisotopic (exact) mass is 256 g/mol. The lowest BCUT2D eigenvalue weighted by atomic mass is 10.1. The Labute approximate surface area is 109 Å². The van der Waals surface area contributed by atoms with Crippen LogP contribution in [0.25, 0.3) is 0 Å². The van der Waals surface area contributed by atoms with E-state index in [4.69, 9.17) is 16.3 Å². The van der Waals surface area contributed by atoms with Crippen LogP contribution in [0.5, 0.6) is 5.75 Å². The number of halogens is 1. The highest BCUT2D eigenvalue weighted by atomic mass is 35.5. The third-order valence-corrected chi connectivity index (χ3v) is 2.55. The summed E-state index contributed by atoms with van der Waals surface area (Å²) in [5.74, 6) is 1.45. The average Bonchev–Trinajstić information content (AvgIpc) is 2.24. The third-order valence-electron chi connectivity index (χ3n) is 2.35. The van der Waals surface area contributed by atoms with Gasteiger partial charge in [0.05, 0.1) is 11.2 Å². The molecule has 4 heteroatoms. The second kappa shape index (κ2) is 7.51. The lowest BCUT2D eigenvalue weighted by molar-refractivity contribution is 0.216. The van der Waals surface area contributed by atoms with Gasteiger partial charge in [-0.3, -0.25) is 4.98 Å². The summed E-state index contributed by atoms with van der Waals surface area (Å²) < 4.78 is 5.69. The first-order valence-electron chi connectivity index (χ1n) is 6.06. The lowest BCUT2D eigenvalue weighted by Crippen LogP contribution is -2.30. The molecule has 0 saturated heterocycles. The molecule has 0 radical (unpaired) electrons. The Balaban J connectivity index is 2.23. The normalized spacial score (nSPS) is 12.8. The van der Waals surface area contributed by atoms with Crippen LogP contribution >= 0.6 is 11.6 Å². The zero-order valence-electron chi connectivity index (χ0n) is 10.7. The fourth-order valence-corrected chi connectivity index (χ4v) is 1.59. The molecule has 96 valence electrons. The van der Waals surface area contributed by atoms with Crippen molar-refractivity contribution in [1.82, 2.24) is 10.3 Å². The Bertz CT molecular complexity index is 331. The van der Waals surface area contributed by atoms with E-state index in [1.165, 1.54) is 6.42 Å². The van der Waals surface area contributed by atoms with Gasteiger partial charge in [-0.25, -0.2) is 0 Å². The molecule has 1 heterocycles. The van der Waals surface area contributed by atoms with Crippen LogP contribution in [0.15, 0.2) is 18.5 Å². The highest BCUT2D eigenvalue weighted by molar-refractivity contribution is 6.30. The molecular weight excluding hydrogens is 236 g/mol. The Morgan fingerprint density at radius 1 is 1.35 bits per heavy atom. The molecule has 0 aliphatic carbocycles. The van der Waals surface area contributed by atoms with Crippen LogP contribution in [0, 0.1) is 5.92 Å². The Morgan fingerprint density at radius 2 is 2.12 bits per heavy atom. The highest BCUT2D eigenvalue weighted by Gasteiger charge is 2.04. The number of pyridine rings is 1. The maximum Gasteiger partial charge on any atom is 0.139 e. The largest absolute Gasteiger partial charge is 0.488 e. The van der Waals surface area contributed by atoms with Crippen molar-refractivity contribution in [3.8, 4) is 5.75 Å². The molecule has 0 saturated carbocycles. The number of rotatable bonds is 7. The first kappa shape index (κ1) is 14.3. The summed E-state index contributed by atoms with van der Waals surface area (Å²) in [6.07, 6.45) is 4.57. The van der Waals surface area contributed by atoms with Gasteiger partial charge in [-0.15, -0.1) is 0 Å². The predicted octanol–water partition coefficient (Wildman–Crippen LogP) is 3.14. The summed E-state index contributed by atoms with van der Waals surface area (Å²) in [6, 6.07) is 1.78. The van der Waals surface area contributed by atoms with Gasteiger partial charge < -0.3 is 10.1 Å². The van der Waals surface area contributed by atoms with Gasteiger partial charge in [-0.05, 0) is 25.8 Å². The summed E-state index contributed by atoms with van der Waals surface area (Å²) in [4.78, 5) is 3.98. The Kier molecular flexibility index (Phi) is 6.30. The van der Waals surface area contributed by atoms with Crippen molar-refractivity contribution >= 4 is 11.6 Å². The molecule has 17 heavy (non-hydrogen) atoms. The predicted molar refractivity (Wildman–Crippen MR) is 71.7 cm³/mol. The summed E-state index contributed by atoms with van der Waals surface area (Å²) in [7, 11) is 0. The van der Waals surface area contributed by atoms with Crippen molar-refractivity contribution in [3.63, 3.8) is 0 Å². The van der Waals surface area contributed by atoms with Crippen LogP contribution in [0.1, 0.15) is 27.2 Å². The van der Waals surface area contributed by atoms with Crippen LogP contribution in [0.3, 0.4) is 0 Å². The molecule has 1 N–H and O–H groups in total.